The summed E-state index contributed by atoms with van der Waals surface area (Å²) in [5.74, 6) is 0.290. The van der Waals surface area contributed by atoms with Gasteiger partial charge in [0.05, 0.1) is 6.61 Å². The van der Waals surface area contributed by atoms with Crippen LogP contribution in [0.4, 0.5) is 5.69 Å². The van der Waals surface area contributed by atoms with Crippen LogP contribution < -0.4 is 10.2 Å². The standard InChI is InChI=1S/C16H20N2O3/c1-21-10-11-3-2-4-13(9-11)18-8-7-14(19)17-15(16(18)20)12-5-6-12/h2-4,9,12,15H,5-8,10H2,1H3,(H,17,19). The summed E-state index contributed by atoms with van der Waals surface area (Å²) in [4.78, 5) is 26.3. The molecule has 1 aliphatic heterocycles. The number of hydrogen-bond donors (Lipinski definition) is 1. The summed E-state index contributed by atoms with van der Waals surface area (Å²) in [5.41, 5.74) is 1.87. The molecule has 1 atom stereocenters. The molecule has 0 spiro atoms. The lowest BCUT2D eigenvalue weighted by atomic mass is 10.1. The fraction of sp³-hybridized carbons (Fsp3) is 0.500. The maximum Gasteiger partial charge on any atom is 0.249 e. The van der Waals surface area contributed by atoms with E-state index in [0.29, 0.717) is 25.5 Å². The van der Waals surface area contributed by atoms with E-state index in [4.69, 9.17) is 4.74 Å². The number of rotatable bonds is 4. The molecule has 5 heteroatoms. The molecule has 1 unspecified atom stereocenters. The summed E-state index contributed by atoms with van der Waals surface area (Å²) in [6.07, 6.45) is 2.39. The van der Waals surface area contributed by atoms with E-state index in [1.54, 1.807) is 12.0 Å². The van der Waals surface area contributed by atoms with Crippen LogP contribution in [0.1, 0.15) is 24.8 Å². The lowest BCUT2D eigenvalue weighted by molar-refractivity contribution is -0.126. The van der Waals surface area contributed by atoms with Crippen LogP contribution in [0.2, 0.25) is 0 Å². The predicted octanol–water partition coefficient (Wildman–Crippen LogP) is 1.46. The van der Waals surface area contributed by atoms with E-state index in [2.05, 4.69) is 5.32 Å². The zero-order valence-corrected chi connectivity index (χ0v) is 12.2. The summed E-state index contributed by atoms with van der Waals surface area (Å²) >= 11 is 0. The Labute approximate surface area is 124 Å². The van der Waals surface area contributed by atoms with Crippen LogP contribution in [0.3, 0.4) is 0 Å². The Morgan fingerprint density at radius 1 is 1.33 bits per heavy atom. The van der Waals surface area contributed by atoms with Crippen molar-refractivity contribution in [3.63, 3.8) is 0 Å². The van der Waals surface area contributed by atoms with Crippen molar-refractivity contribution in [3.8, 4) is 0 Å². The molecule has 2 fully saturated rings. The zero-order chi connectivity index (χ0) is 14.8. The van der Waals surface area contributed by atoms with Crippen LogP contribution in [0.15, 0.2) is 24.3 Å². The van der Waals surface area contributed by atoms with Gasteiger partial charge >= 0.3 is 0 Å². The molecule has 2 aliphatic rings. The second kappa shape index (κ2) is 5.85. The summed E-state index contributed by atoms with van der Waals surface area (Å²) in [7, 11) is 1.65. The number of hydrogen-bond acceptors (Lipinski definition) is 3. The first-order valence-electron chi connectivity index (χ1n) is 7.37. The van der Waals surface area contributed by atoms with Gasteiger partial charge in [-0.1, -0.05) is 12.1 Å². The molecule has 1 aromatic carbocycles. The molecule has 112 valence electrons. The van der Waals surface area contributed by atoms with Gasteiger partial charge in [-0.2, -0.15) is 0 Å². The number of nitrogens with zero attached hydrogens (tertiary/aromatic N) is 1. The molecular weight excluding hydrogens is 268 g/mol. The van der Waals surface area contributed by atoms with E-state index in [1.807, 2.05) is 24.3 Å². The summed E-state index contributed by atoms with van der Waals surface area (Å²) < 4.78 is 5.14. The molecule has 5 nitrogen and oxygen atoms in total. The minimum Gasteiger partial charge on any atom is -0.380 e. The smallest absolute Gasteiger partial charge is 0.249 e. The van der Waals surface area contributed by atoms with Crippen molar-refractivity contribution >= 4 is 17.5 Å². The van der Waals surface area contributed by atoms with Crippen molar-refractivity contribution in [1.29, 1.82) is 0 Å². The third kappa shape index (κ3) is 3.08. The first kappa shape index (κ1) is 14.1. The molecule has 1 aromatic rings. The number of carbonyl (C=O) groups is 2. The van der Waals surface area contributed by atoms with Crippen LogP contribution >= 0.6 is 0 Å². The SMILES string of the molecule is COCc1cccc(N2CCC(=O)NC(C3CC3)C2=O)c1. The highest BCUT2D eigenvalue weighted by Gasteiger charge is 2.41. The van der Waals surface area contributed by atoms with Gasteiger partial charge in [-0.25, -0.2) is 0 Å². The molecule has 1 aliphatic carbocycles. The van der Waals surface area contributed by atoms with E-state index in [1.165, 1.54) is 0 Å². The van der Waals surface area contributed by atoms with Crippen molar-refractivity contribution < 1.29 is 14.3 Å². The fourth-order valence-corrected chi connectivity index (χ4v) is 2.78. The minimum absolute atomic E-state index is 0.0120. The summed E-state index contributed by atoms with van der Waals surface area (Å²) in [6, 6.07) is 7.41. The van der Waals surface area contributed by atoms with Crippen molar-refractivity contribution in [2.45, 2.75) is 31.9 Å². The number of carbonyl (C=O) groups excluding carboxylic acids is 2. The molecule has 2 amide bonds. The largest absolute Gasteiger partial charge is 0.380 e. The highest BCUT2D eigenvalue weighted by atomic mass is 16.5. The summed E-state index contributed by atoms with van der Waals surface area (Å²) in [5, 5.41) is 2.88. The average Bonchev–Trinajstić information content (AvgIpc) is 3.30. The number of nitrogens with one attached hydrogen (secondary N) is 1. The quantitative estimate of drug-likeness (QED) is 0.912. The Morgan fingerprint density at radius 3 is 2.86 bits per heavy atom. The second-order valence-electron chi connectivity index (χ2n) is 5.73. The van der Waals surface area contributed by atoms with Crippen molar-refractivity contribution in [2.75, 3.05) is 18.6 Å². The normalized spacial score (nSPS) is 22.9. The molecule has 0 aromatic heterocycles. The van der Waals surface area contributed by atoms with Crippen molar-refractivity contribution in [1.82, 2.24) is 5.32 Å². The van der Waals surface area contributed by atoms with Gasteiger partial charge in [-0.3, -0.25) is 9.59 Å². The predicted molar refractivity (Wildman–Crippen MR) is 78.8 cm³/mol. The third-order valence-electron chi connectivity index (χ3n) is 4.04. The topological polar surface area (TPSA) is 58.6 Å². The highest BCUT2D eigenvalue weighted by molar-refractivity contribution is 6.01. The molecular formula is C16H20N2O3. The molecule has 1 saturated carbocycles. The van der Waals surface area contributed by atoms with Crippen molar-refractivity contribution in [3.05, 3.63) is 29.8 Å². The van der Waals surface area contributed by atoms with Gasteiger partial charge in [0.15, 0.2) is 0 Å². The lowest BCUT2D eigenvalue weighted by Gasteiger charge is -2.24. The number of amides is 2. The first-order chi connectivity index (χ1) is 10.2. The number of ether oxygens (including phenoxy) is 1. The molecule has 3 rings (SSSR count). The van der Waals surface area contributed by atoms with Crippen LogP contribution in [0.25, 0.3) is 0 Å². The van der Waals surface area contributed by atoms with Gasteiger partial charge < -0.3 is 15.0 Å². The Kier molecular flexibility index (Phi) is 3.92. The van der Waals surface area contributed by atoms with E-state index in [9.17, 15) is 9.59 Å². The molecule has 0 radical (unpaired) electrons. The van der Waals surface area contributed by atoms with E-state index in [0.717, 1.165) is 24.1 Å². The molecule has 21 heavy (non-hydrogen) atoms. The van der Waals surface area contributed by atoms with Crippen LogP contribution in [0.5, 0.6) is 0 Å². The fourth-order valence-electron chi connectivity index (χ4n) is 2.78. The lowest BCUT2D eigenvalue weighted by Crippen LogP contribution is -2.46. The minimum atomic E-state index is -0.355. The Balaban J connectivity index is 1.86. The van der Waals surface area contributed by atoms with Gasteiger partial charge in [0.1, 0.15) is 6.04 Å². The number of anilines is 1. The zero-order valence-electron chi connectivity index (χ0n) is 12.2. The maximum absolute atomic E-state index is 12.7. The van der Waals surface area contributed by atoms with Gasteiger partial charge in [0.25, 0.3) is 0 Å². The molecule has 1 saturated heterocycles. The van der Waals surface area contributed by atoms with Crippen LogP contribution in [-0.4, -0.2) is 31.5 Å². The monoisotopic (exact) mass is 288 g/mol. The van der Waals surface area contributed by atoms with E-state index >= 15 is 0 Å². The van der Waals surface area contributed by atoms with E-state index in [-0.39, 0.29) is 17.9 Å². The Morgan fingerprint density at radius 2 is 2.14 bits per heavy atom. The molecule has 1 heterocycles. The van der Waals surface area contributed by atoms with E-state index < -0.39 is 0 Å². The van der Waals surface area contributed by atoms with Crippen LogP contribution in [-0.2, 0) is 20.9 Å². The van der Waals surface area contributed by atoms with Gasteiger partial charge in [-0.15, -0.1) is 0 Å². The first-order valence-corrected chi connectivity index (χ1v) is 7.37. The average molecular weight is 288 g/mol. The maximum atomic E-state index is 12.7. The number of methoxy groups -OCH3 is 1. The van der Waals surface area contributed by atoms with Gasteiger partial charge in [0.2, 0.25) is 11.8 Å². The highest BCUT2D eigenvalue weighted by Crippen LogP contribution is 2.35. The number of benzene rings is 1. The third-order valence-corrected chi connectivity index (χ3v) is 4.04. The molecule has 0 bridgehead atoms. The van der Waals surface area contributed by atoms with Crippen LogP contribution in [0, 0.1) is 5.92 Å². The molecule has 1 N–H and O–H groups in total. The Bertz CT molecular complexity index is 554. The Hall–Kier alpha value is -1.88. The summed E-state index contributed by atoms with van der Waals surface area (Å²) in [6.45, 7) is 0.948. The van der Waals surface area contributed by atoms with Gasteiger partial charge in [0, 0.05) is 25.8 Å². The van der Waals surface area contributed by atoms with Crippen molar-refractivity contribution in [2.24, 2.45) is 5.92 Å². The second-order valence-corrected chi connectivity index (χ2v) is 5.73. The van der Waals surface area contributed by atoms with Gasteiger partial charge in [-0.05, 0) is 36.5 Å².